The maximum Gasteiger partial charge on any atom is 0.420 e. The molecule has 3 aromatic rings. The van der Waals surface area contributed by atoms with E-state index in [-0.39, 0.29) is 38.2 Å². The summed E-state index contributed by atoms with van der Waals surface area (Å²) in [6.45, 7) is 4.99. The van der Waals surface area contributed by atoms with Gasteiger partial charge in [0.1, 0.15) is 29.8 Å². The number of aliphatic hydroxyl groups excluding tert-OH is 4. The lowest BCUT2D eigenvalue weighted by atomic mass is 10.0. The number of thiophene rings is 1. The number of fused-ring (bicyclic) bond motifs is 1. The molecule has 2 aromatic heterocycles. The fourth-order valence-electron chi connectivity index (χ4n) is 4.29. The van der Waals surface area contributed by atoms with Crippen LogP contribution in [0.5, 0.6) is 5.75 Å². The molecular formula is C30H37F3O8S. The summed E-state index contributed by atoms with van der Waals surface area (Å²) in [4.78, 5) is 11.3. The SMILES string of the molecule is C=CC(=O)OCCCC(O)C(O)CC(O)C(O)COc1ccc2cc(-c3oc(CCCCC)cc3C(F)(F)F)sc2c1. The van der Waals surface area contributed by atoms with E-state index in [0.29, 0.717) is 32.9 Å². The molecule has 42 heavy (non-hydrogen) atoms. The number of carbonyl (C=O) groups excluding carboxylic acids is 1. The Labute approximate surface area is 246 Å². The van der Waals surface area contributed by atoms with Crippen molar-refractivity contribution in [2.45, 2.75) is 82.5 Å². The van der Waals surface area contributed by atoms with Crippen molar-refractivity contribution in [1.29, 1.82) is 0 Å². The topological polar surface area (TPSA) is 130 Å². The Kier molecular flexibility index (Phi) is 12.4. The molecule has 4 N–H and O–H groups in total. The number of rotatable bonds is 17. The van der Waals surface area contributed by atoms with Gasteiger partial charge in [-0.2, -0.15) is 13.2 Å². The van der Waals surface area contributed by atoms with E-state index in [1.807, 2.05) is 6.92 Å². The average Bonchev–Trinajstić information content (AvgIpc) is 3.58. The van der Waals surface area contributed by atoms with E-state index in [1.165, 1.54) is 0 Å². The molecular weight excluding hydrogens is 577 g/mol. The molecule has 2 heterocycles. The predicted octanol–water partition coefficient (Wildman–Crippen LogP) is 5.63. The quantitative estimate of drug-likeness (QED) is 0.0874. The highest BCUT2D eigenvalue weighted by Gasteiger charge is 2.37. The molecule has 0 spiro atoms. The van der Waals surface area contributed by atoms with Crippen LogP contribution >= 0.6 is 11.3 Å². The number of furan rings is 1. The van der Waals surface area contributed by atoms with Crippen LogP contribution in [0.15, 0.2) is 47.4 Å². The smallest absolute Gasteiger partial charge is 0.420 e. The lowest BCUT2D eigenvalue weighted by molar-refractivity contribution is -0.138. The van der Waals surface area contributed by atoms with Crippen molar-refractivity contribution in [2.24, 2.45) is 0 Å². The monoisotopic (exact) mass is 614 g/mol. The first kappa shape index (κ1) is 33.6. The van der Waals surface area contributed by atoms with Crippen molar-refractivity contribution in [3.05, 3.63) is 54.3 Å². The van der Waals surface area contributed by atoms with Crippen LogP contribution in [0.1, 0.15) is 56.8 Å². The Morgan fingerprint density at radius 3 is 2.48 bits per heavy atom. The van der Waals surface area contributed by atoms with E-state index < -0.39 is 42.1 Å². The second-order valence-corrected chi connectivity index (χ2v) is 11.1. The molecule has 232 valence electrons. The number of halogens is 3. The zero-order chi connectivity index (χ0) is 30.9. The zero-order valence-corrected chi connectivity index (χ0v) is 24.1. The summed E-state index contributed by atoms with van der Waals surface area (Å²) in [6, 6.07) is 7.60. The molecule has 0 radical (unpaired) electrons. The fraction of sp³-hybridized carbons (Fsp3) is 0.500. The number of carbonyl (C=O) groups is 1. The maximum atomic E-state index is 13.8. The molecule has 0 aliphatic rings. The fourth-order valence-corrected chi connectivity index (χ4v) is 5.38. The van der Waals surface area contributed by atoms with Gasteiger partial charge in [-0.15, -0.1) is 11.3 Å². The average molecular weight is 615 g/mol. The van der Waals surface area contributed by atoms with Crippen LogP contribution in [0, 0.1) is 0 Å². The Bertz CT molecular complexity index is 1300. The van der Waals surface area contributed by atoms with E-state index in [1.54, 1.807) is 24.3 Å². The third kappa shape index (κ3) is 9.56. The zero-order valence-electron chi connectivity index (χ0n) is 23.3. The van der Waals surface area contributed by atoms with Gasteiger partial charge in [-0.3, -0.25) is 0 Å². The predicted molar refractivity (Wildman–Crippen MR) is 152 cm³/mol. The molecule has 1 aromatic carbocycles. The van der Waals surface area contributed by atoms with Gasteiger partial charge in [0, 0.05) is 23.6 Å². The highest BCUT2D eigenvalue weighted by Crippen LogP contribution is 2.44. The van der Waals surface area contributed by atoms with Crippen molar-refractivity contribution in [3.63, 3.8) is 0 Å². The summed E-state index contributed by atoms with van der Waals surface area (Å²) in [5.41, 5.74) is -0.808. The van der Waals surface area contributed by atoms with E-state index in [2.05, 4.69) is 6.58 Å². The molecule has 0 amide bonds. The Balaban J connectivity index is 1.59. The molecule has 0 saturated carbocycles. The van der Waals surface area contributed by atoms with Crippen LogP contribution in [0.25, 0.3) is 20.7 Å². The van der Waals surface area contributed by atoms with Crippen molar-refractivity contribution in [1.82, 2.24) is 0 Å². The van der Waals surface area contributed by atoms with Crippen molar-refractivity contribution in [2.75, 3.05) is 13.2 Å². The summed E-state index contributed by atoms with van der Waals surface area (Å²) in [6.07, 6.45) is -5.81. The van der Waals surface area contributed by atoms with Crippen molar-refractivity contribution in [3.8, 4) is 16.4 Å². The van der Waals surface area contributed by atoms with E-state index in [4.69, 9.17) is 13.9 Å². The maximum absolute atomic E-state index is 13.8. The van der Waals surface area contributed by atoms with Gasteiger partial charge in [-0.05, 0) is 55.0 Å². The first-order valence-electron chi connectivity index (χ1n) is 13.8. The summed E-state index contributed by atoms with van der Waals surface area (Å²) in [7, 11) is 0. The van der Waals surface area contributed by atoms with Gasteiger partial charge in [0.15, 0.2) is 5.76 Å². The second-order valence-electron chi connectivity index (χ2n) is 10.1. The van der Waals surface area contributed by atoms with Crippen LogP contribution < -0.4 is 4.74 Å². The Morgan fingerprint density at radius 1 is 1.05 bits per heavy atom. The second kappa shape index (κ2) is 15.5. The summed E-state index contributed by atoms with van der Waals surface area (Å²) < 4.78 is 58.0. The largest absolute Gasteiger partial charge is 0.491 e. The van der Waals surface area contributed by atoms with Gasteiger partial charge >= 0.3 is 12.1 Å². The van der Waals surface area contributed by atoms with Gasteiger partial charge in [-0.25, -0.2) is 4.79 Å². The van der Waals surface area contributed by atoms with Crippen LogP contribution in [0.4, 0.5) is 13.2 Å². The number of hydrogen-bond acceptors (Lipinski definition) is 9. The normalized spacial score (nSPS) is 14.9. The number of aryl methyl sites for hydroxylation is 1. The molecule has 0 bridgehead atoms. The van der Waals surface area contributed by atoms with Crippen molar-refractivity contribution < 1.29 is 52.3 Å². The third-order valence-electron chi connectivity index (χ3n) is 6.68. The Hall–Kier alpha value is -2.90. The van der Waals surface area contributed by atoms with Crippen molar-refractivity contribution >= 4 is 27.4 Å². The van der Waals surface area contributed by atoms with E-state index in [9.17, 15) is 38.4 Å². The number of aliphatic hydroxyl groups is 4. The molecule has 3 rings (SSSR count). The van der Waals surface area contributed by atoms with E-state index >= 15 is 0 Å². The van der Waals surface area contributed by atoms with Crippen LogP contribution in [-0.2, 0) is 22.1 Å². The number of esters is 1. The minimum atomic E-state index is -4.56. The number of alkyl halides is 3. The lowest BCUT2D eigenvalue weighted by Crippen LogP contribution is -2.38. The van der Waals surface area contributed by atoms with Gasteiger partial charge in [0.2, 0.25) is 0 Å². The van der Waals surface area contributed by atoms with Crippen LogP contribution in [0.2, 0.25) is 0 Å². The number of hydrogen-bond donors (Lipinski definition) is 4. The molecule has 0 aliphatic heterocycles. The molecule has 12 heteroatoms. The first-order valence-corrected chi connectivity index (χ1v) is 14.6. The lowest BCUT2D eigenvalue weighted by Gasteiger charge is -2.23. The first-order chi connectivity index (χ1) is 19.9. The summed E-state index contributed by atoms with van der Waals surface area (Å²) in [5, 5.41) is 41.5. The Morgan fingerprint density at radius 2 is 1.79 bits per heavy atom. The minimum absolute atomic E-state index is 0.0365. The third-order valence-corrected chi connectivity index (χ3v) is 7.77. The molecule has 0 fully saturated rings. The summed E-state index contributed by atoms with van der Waals surface area (Å²) >= 11 is 1.12. The highest BCUT2D eigenvalue weighted by molar-refractivity contribution is 7.22. The molecule has 0 aliphatic carbocycles. The number of ether oxygens (including phenoxy) is 2. The van der Waals surface area contributed by atoms with E-state index in [0.717, 1.165) is 42.7 Å². The molecule has 8 nitrogen and oxygen atoms in total. The van der Waals surface area contributed by atoms with Gasteiger partial charge in [0.05, 0.1) is 29.8 Å². The van der Waals surface area contributed by atoms with Gasteiger partial charge in [-0.1, -0.05) is 26.3 Å². The standard InChI is InChI=1S/C30H37F3O8S/c1-3-5-6-8-20-14-21(30(31,32)33)29(41-20)27-13-18-10-11-19(15-26(18)42-27)40-17-25(37)24(36)16-23(35)22(34)9-7-12-39-28(38)4-2/h4,10-11,13-15,22-25,34-37H,2-3,5-9,12,16-17H2,1H3. The number of benzene rings is 1. The van der Waals surface area contributed by atoms with Crippen LogP contribution in [-0.4, -0.2) is 64.0 Å². The molecule has 0 saturated heterocycles. The van der Waals surface area contributed by atoms with Gasteiger partial charge in [0.25, 0.3) is 0 Å². The highest BCUT2D eigenvalue weighted by atomic mass is 32.1. The summed E-state index contributed by atoms with van der Waals surface area (Å²) in [5.74, 6) is -0.184. The van der Waals surface area contributed by atoms with Gasteiger partial charge < -0.3 is 34.3 Å². The van der Waals surface area contributed by atoms with Crippen LogP contribution in [0.3, 0.4) is 0 Å². The molecule has 4 unspecified atom stereocenters. The minimum Gasteiger partial charge on any atom is -0.491 e. The number of unbranched alkanes of at least 4 members (excludes halogenated alkanes) is 2. The molecule has 4 atom stereocenters.